The summed E-state index contributed by atoms with van der Waals surface area (Å²) in [4.78, 5) is 11.8. The monoisotopic (exact) mass is 316 g/mol. The smallest absolute Gasteiger partial charge is 0.261 e. The Hall–Kier alpha value is -3.32. The number of fused-ring (bicyclic) bond motifs is 1. The fourth-order valence-corrected chi connectivity index (χ4v) is 2.61. The topological polar surface area (TPSA) is 62.1 Å². The number of nitrogens with zero attached hydrogens (tertiary/aromatic N) is 1. The van der Waals surface area contributed by atoms with Gasteiger partial charge in [0.1, 0.15) is 23.5 Å². The molecule has 0 spiro atoms. The molecule has 1 aliphatic rings. The van der Waals surface area contributed by atoms with Gasteiger partial charge in [0.2, 0.25) is 0 Å². The molecule has 3 rings (SSSR count). The van der Waals surface area contributed by atoms with Crippen LogP contribution in [0, 0.1) is 11.3 Å². The summed E-state index contributed by atoms with van der Waals surface area (Å²) in [5.41, 5.74) is 2.70. The fourth-order valence-electron chi connectivity index (χ4n) is 2.61. The Balaban J connectivity index is 2.10. The minimum Gasteiger partial charge on any atom is -0.480 e. The van der Waals surface area contributed by atoms with Gasteiger partial charge in [-0.1, -0.05) is 48.5 Å². The average molecular weight is 316 g/mol. The van der Waals surface area contributed by atoms with E-state index in [0.29, 0.717) is 0 Å². The highest BCUT2D eigenvalue weighted by molar-refractivity contribution is 5.97. The molecule has 24 heavy (non-hydrogen) atoms. The van der Waals surface area contributed by atoms with E-state index in [9.17, 15) is 10.1 Å². The first kappa shape index (κ1) is 15.6. The van der Waals surface area contributed by atoms with Crippen molar-refractivity contribution in [3.8, 4) is 11.8 Å². The van der Waals surface area contributed by atoms with Crippen molar-refractivity contribution in [2.75, 3.05) is 7.05 Å². The molecule has 1 N–H and O–H groups in total. The Labute approximate surface area is 140 Å². The largest absolute Gasteiger partial charge is 0.480 e. The second-order valence-corrected chi connectivity index (χ2v) is 5.34. The lowest BCUT2D eigenvalue weighted by Crippen LogP contribution is -2.20. The third kappa shape index (κ3) is 3.06. The molecule has 118 valence electrons. The van der Waals surface area contributed by atoms with Gasteiger partial charge < -0.3 is 10.1 Å². The molecule has 2 aromatic carbocycles. The Kier molecular flexibility index (Phi) is 4.44. The number of carbonyl (C=O) groups is 1. The first-order valence-corrected chi connectivity index (χ1v) is 7.59. The SMILES string of the molecule is CNC(=O)/C(C#N)=C/C1=Cc2ccccc2OC1c1ccccc1. The van der Waals surface area contributed by atoms with Crippen LogP contribution >= 0.6 is 0 Å². The Bertz CT molecular complexity index is 861. The number of likely N-dealkylation sites (N-methyl/N-ethyl adjacent to an activating group) is 1. The summed E-state index contributed by atoms with van der Waals surface area (Å²) in [6.07, 6.45) is 3.18. The number of carbonyl (C=O) groups excluding carboxylic acids is 1. The van der Waals surface area contributed by atoms with E-state index in [1.165, 1.54) is 7.05 Å². The van der Waals surface area contributed by atoms with Crippen LogP contribution in [0.2, 0.25) is 0 Å². The summed E-state index contributed by atoms with van der Waals surface area (Å²) in [6.45, 7) is 0. The first-order chi connectivity index (χ1) is 11.7. The van der Waals surface area contributed by atoms with Crippen LogP contribution in [0.4, 0.5) is 0 Å². The lowest BCUT2D eigenvalue weighted by molar-refractivity contribution is -0.116. The summed E-state index contributed by atoms with van der Waals surface area (Å²) < 4.78 is 6.14. The van der Waals surface area contributed by atoms with Crippen molar-refractivity contribution in [1.29, 1.82) is 5.26 Å². The lowest BCUT2D eigenvalue weighted by atomic mass is 9.94. The molecule has 0 aliphatic carbocycles. The summed E-state index contributed by atoms with van der Waals surface area (Å²) in [6, 6.07) is 19.4. The van der Waals surface area contributed by atoms with Crippen LogP contribution in [0.1, 0.15) is 17.2 Å². The van der Waals surface area contributed by atoms with E-state index < -0.39 is 5.91 Å². The first-order valence-electron chi connectivity index (χ1n) is 7.59. The number of hydrogen-bond donors (Lipinski definition) is 1. The van der Waals surface area contributed by atoms with Crippen LogP contribution in [-0.2, 0) is 4.79 Å². The van der Waals surface area contributed by atoms with Crippen LogP contribution in [0.25, 0.3) is 6.08 Å². The maximum atomic E-state index is 11.8. The van der Waals surface area contributed by atoms with Gasteiger partial charge in [0.05, 0.1) is 0 Å². The molecule has 1 aliphatic heterocycles. The third-order valence-corrected chi connectivity index (χ3v) is 3.79. The second-order valence-electron chi connectivity index (χ2n) is 5.34. The van der Waals surface area contributed by atoms with Crippen molar-refractivity contribution >= 4 is 12.0 Å². The highest BCUT2D eigenvalue weighted by Gasteiger charge is 2.24. The van der Waals surface area contributed by atoms with E-state index in [-0.39, 0.29) is 11.7 Å². The predicted molar refractivity (Wildman–Crippen MR) is 92.0 cm³/mol. The number of hydrogen-bond acceptors (Lipinski definition) is 3. The van der Waals surface area contributed by atoms with Crippen molar-refractivity contribution in [1.82, 2.24) is 5.32 Å². The van der Waals surface area contributed by atoms with Crippen LogP contribution in [0.5, 0.6) is 5.75 Å². The molecule has 0 bridgehead atoms. The Morgan fingerprint density at radius 1 is 1.17 bits per heavy atom. The van der Waals surface area contributed by atoms with Gasteiger partial charge >= 0.3 is 0 Å². The molecule has 4 nitrogen and oxygen atoms in total. The second kappa shape index (κ2) is 6.84. The van der Waals surface area contributed by atoms with E-state index in [4.69, 9.17) is 4.74 Å². The average Bonchev–Trinajstić information content (AvgIpc) is 2.65. The van der Waals surface area contributed by atoms with Crippen molar-refractivity contribution in [3.05, 3.63) is 82.9 Å². The van der Waals surface area contributed by atoms with Gasteiger partial charge in [-0.25, -0.2) is 0 Å². The predicted octanol–water partition coefficient (Wildman–Crippen LogP) is 3.40. The van der Waals surface area contributed by atoms with Crippen molar-refractivity contribution < 1.29 is 9.53 Å². The zero-order chi connectivity index (χ0) is 16.9. The standard InChI is InChI=1S/C20H16N2O2/c1-22-20(23)17(13-21)12-16-11-15-9-5-6-10-18(15)24-19(16)14-7-3-2-4-8-14/h2-12,19H,1H3,(H,22,23)/b17-12+. The van der Waals surface area contributed by atoms with Gasteiger partial charge in [0.15, 0.2) is 0 Å². The number of para-hydroxylation sites is 1. The molecule has 1 heterocycles. The van der Waals surface area contributed by atoms with Crippen molar-refractivity contribution in [3.63, 3.8) is 0 Å². The molecule has 2 aromatic rings. The number of benzene rings is 2. The molecule has 4 heteroatoms. The minimum absolute atomic E-state index is 0.0488. The fraction of sp³-hybridized carbons (Fsp3) is 0.100. The molecule has 0 radical (unpaired) electrons. The summed E-state index contributed by atoms with van der Waals surface area (Å²) >= 11 is 0. The maximum absolute atomic E-state index is 11.8. The van der Waals surface area contributed by atoms with Gasteiger partial charge in [0, 0.05) is 12.6 Å². The highest BCUT2D eigenvalue weighted by atomic mass is 16.5. The van der Waals surface area contributed by atoms with E-state index in [2.05, 4.69) is 5.32 Å². The van der Waals surface area contributed by atoms with E-state index in [0.717, 1.165) is 22.4 Å². The maximum Gasteiger partial charge on any atom is 0.261 e. The number of ether oxygens (including phenoxy) is 1. The lowest BCUT2D eigenvalue weighted by Gasteiger charge is -2.26. The van der Waals surface area contributed by atoms with Crippen LogP contribution in [0.3, 0.4) is 0 Å². The van der Waals surface area contributed by atoms with E-state index in [1.54, 1.807) is 6.08 Å². The number of nitrogens with one attached hydrogen (secondary N) is 1. The molecule has 1 amide bonds. The van der Waals surface area contributed by atoms with Crippen molar-refractivity contribution in [2.24, 2.45) is 0 Å². The molecule has 0 saturated carbocycles. The summed E-state index contributed by atoms with van der Waals surface area (Å²) in [5, 5.41) is 11.7. The minimum atomic E-state index is -0.413. The molecular formula is C20H16N2O2. The van der Waals surface area contributed by atoms with Gasteiger partial charge in [0.25, 0.3) is 5.91 Å². The quantitative estimate of drug-likeness (QED) is 0.697. The van der Waals surface area contributed by atoms with Crippen molar-refractivity contribution in [2.45, 2.75) is 6.10 Å². The molecule has 0 aromatic heterocycles. The molecular weight excluding hydrogens is 300 g/mol. The van der Waals surface area contributed by atoms with Crippen LogP contribution < -0.4 is 10.1 Å². The van der Waals surface area contributed by atoms with Gasteiger partial charge in [-0.3, -0.25) is 4.79 Å². The zero-order valence-corrected chi connectivity index (χ0v) is 13.2. The third-order valence-electron chi connectivity index (χ3n) is 3.79. The zero-order valence-electron chi connectivity index (χ0n) is 13.2. The van der Waals surface area contributed by atoms with Crippen LogP contribution in [-0.4, -0.2) is 13.0 Å². The van der Waals surface area contributed by atoms with Gasteiger partial charge in [-0.15, -0.1) is 0 Å². The molecule has 0 saturated heterocycles. The number of nitriles is 1. The van der Waals surface area contributed by atoms with E-state index >= 15 is 0 Å². The summed E-state index contributed by atoms with van der Waals surface area (Å²) in [7, 11) is 1.50. The Morgan fingerprint density at radius 2 is 1.88 bits per heavy atom. The summed E-state index contributed by atoms with van der Waals surface area (Å²) in [5.74, 6) is 0.367. The van der Waals surface area contributed by atoms with Crippen LogP contribution in [0.15, 0.2) is 71.8 Å². The molecule has 1 unspecified atom stereocenters. The molecule has 0 fully saturated rings. The normalized spacial score (nSPS) is 16.2. The van der Waals surface area contributed by atoms with E-state index in [1.807, 2.05) is 66.7 Å². The molecule has 1 atom stereocenters. The Morgan fingerprint density at radius 3 is 2.58 bits per heavy atom. The highest BCUT2D eigenvalue weighted by Crippen LogP contribution is 2.38. The number of amides is 1. The van der Waals surface area contributed by atoms with Gasteiger partial charge in [-0.05, 0) is 29.4 Å². The van der Waals surface area contributed by atoms with Gasteiger partial charge in [-0.2, -0.15) is 5.26 Å². The number of rotatable bonds is 3.